The molecule has 4 rings (SSSR count). The molecule has 4 N–H and O–H groups in total. The molecule has 2 aromatic carbocycles. The van der Waals surface area contributed by atoms with Crippen molar-refractivity contribution < 1.29 is 45.8 Å². The number of rotatable bonds is 18. The van der Waals surface area contributed by atoms with Gasteiger partial charge in [0.1, 0.15) is 29.9 Å². The smallest absolute Gasteiger partial charge is 0.410 e. The topological polar surface area (TPSA) is 164 Å². The third-order valence-corrected chi connectivity index (χ3v) is 8.93. The van der Waals surface area contributed by atoms with Crippen molar-refractivity contribution in [3.8, 4) is 11.5 Å². The predicted molar refractivity (Wildman–Crippen MR) is 165 cm³/mol. The second-order valence-corrected chi connectivity index (χ2v) is 13.4. The minimum atomic E-state index is -4.09. The molecular weight excluding hydrogens is 641 g/mol. The number of amides is 2. The van der Waals surface area contributed by atoms with Gasteiger partial charge in [0.25, 0.3) is 5.91 Å². The summed E-state index contributed by atoms with van der Waals surface area (Å²) in [6, 6.07) is 9.64. The monoisotopic (exact) mass is 676 g/mol. The van der Waals surface area contributed by atoms with Gasteiger partial charge in [-0.3, -0.25) is 24.7 Å². The standard InChI is InChI=1S/C32H35F3N4O7S/c33-23-10-12-24(13-11-23)46-32(34,35)20-38-27(19-47(44,45)18-22-4-3-15-36-16-22)31(43)39-26(14-9-21-7-8-21)29(41)17-37-30(42)25-5-1-2-6-28(25)40/h1-6,10-13,15-16,21,26-27,38,40H,7-9,14,17-20H2,(H,37,42)(H,39,43)/t26?,27-/m0/s1. The number of phenols is 1. The Bertz CT molecular complexity index is 1640. The van der Waals surface area contributed by atoms with Gasteiger partial charge in [0.05, 0.1) is 29.7 Å². The summed E-state index contributed by atoms with van der Waals surface area (Å²) in [6.07, 6.45) is 1.43. The zero-order valence-corrected chi connectivity index (χ0v) is 26.0. The number of phenolic OH excluding ortho intramolecular Hbond substituents is 1. The summed E-state index contributed by atoms with van der Waals surface area (Å²) in [5.41, 5.74) is 0.250. The van der Waals surface area contributed by atoms with E-state index in [1.807, 2.05) is 0 Å². The van der Waals surface area contributed by atoms with Gasteiger partial charge in [0.2, 0.25) is 5.91 Å². The number of ketones is 1. The van der Waals surface area contributed by atoms with E-state index in [-0.39, 0.29) is 23.5 Å². The van der Waals surface area contributed by atoms with Crippen molar-refractivity contribution in [1.82, 2.24) is 20.9 Å². The van der Waals surface area contributed by atoms with E-state index in [4.69, 9.17) is 0 Å². The number of para-hydroxylation sites is 1. The Morgan fingerprint density at radius 2 is 1.74 bits per heavy atom. The van der Waals surface area contributed by atoms with Gasteiger partial charge < -0.3 is 20.5 Å². The number of nitrogens with zero attached hydrogens (tertiary/aromatic N) is 1. The molecule has 0 saturated heterocycles. The first-order valence-corrected chi connectivity index (χ1v) is 16.7. The second kappa shape index (κ2) is 15.9. The lowest BCUT2D eigenvalue weighted by atomic mass is 10.0. The largest absolute Gasteiger partial charge is 0.507 e. The van der Waals surface area contributed by atoms with E-state index < -0.39 is 76.0 Å². The first-order chi connectivity index (χ1) is 22.3. The van der Waals surface area contributed by atoms with Gasteiger partial charge in [-0.2, -0.15) is 8.78 Å². The van der Waals surface area contributed by atoms with Crippen LogP contribution >= 0.6 is 0 Å². The summed E-state index contributed by atoms with van der Waals surface area (Å²) in [5.74, 6) is -4.79. The highest BCUT2D eigenvalue weighted by molar-refractivity contribution is 7.90. The number of halogens is 3. The van der Waals surface area contributed by atoms with Crippen molar-refractivity contribution >= 4 is 27.4 Å². The Morgan fingerprint density at radius 1 is 1.02 bits per heavy atom. The highest BCUT2D eigenvalue weighted by Crippen LogP contribution is 2.34. The molecule has 0 aliphatic heterocycles. The fraction of sp³-hybridized carbons (Fsp3) is 0.375. The maximum atomic E-state index is 14.8. The lowest BCUT2D eigenvalue weighted by Crippen LogP contribution is -2.56. The number of aromatic hydroxyl groups is 1. The van der Waals surface area contributed by atoms with Crippen molar-refractivity contribution in [2.45, 2.75) is 49.6 Å². The molecule has 15 heteroatoms. The lowest BCUT2D eigenvalue weighted by molar-refractivity contribution is -0.172. The van der Waals surface area contributed by atoms with Crippen LogP contribution in [0.25, 0.3) is 0 Å². The molecule has 252 valence electrons. The minimum absolute atomic E-state index is 0.0641. The number of aromatic nitrogens is 1. The Kier molecular flexibility index (Phi) is 11.9. The molecule has 11 nitrogen and oxygen atoms in total. The van der Waals surface area contributed by atoms with E-state index in [2.05, 4.69) is 25.7 Å². The number of sulfone groups is 1. The van der Waals surface area contributed by atoms with Gasteiger partial charge >= 0.3 is 6.11 Å². The van der Waals surface area contributed by atoms with Crippen LogP contribution in [0.1, 0.15) is 41.6 Å². The Morgan fingerprint density at radius 3 is 2.40 bits per heavy atom. The molecule has 1 aromatic heterocycles. The predicted octanol–water partition coefficient (Wildman–Crippen LogP) is 3.15. The van der Waals surface area contributed by atoms with Crippen molar-refractivity contribution in [2.24, 2.45) is 5.92 Å². The molecule has 0 radical (unpaired) electrons. The van der Waals surface area contributed by atoms with E-state index in [0.29, 0.717) is 17.9 Å². The van der Waals surface area contributed by atoms with E-state index >= 15 is 0 Å². The number of hydrogen-bond acceptors (Lipinski definition) is 9. The van der Waals surface area contributed by atoms with Crippen LogP contribution in [-0.2, 0) is 25.2 Å². The van der Waals surface area contributed by atoms with Crippen molar-refractivity contribution in [3.05, 3.63) is 90.0 Å². The maximum absolute atomic E-state index is 14.8. The van der Waals surface area contributed by atoms with Crippen LogP contribution in [0.15, 0.2) is 73.1 Å². The number of carbonyl (C=O) groups excluding carboxylic acids is 3. The number of Topliss-reactive ketones (excluding diaryl/α,β-unsaturated/α-hetero) is 1. The number of nitrogens with one attached hydrogen (secondary N) is 3. The van der Waals surface area contributed by atoms with Gasteiger partial charge in [-0.15, -0.1) is 0 Å². The van der Waals surface area contributed by atoms with Gasteiger partial charge in [-0.1, -0.05) is 31.0 Å². The molecule has 1 aliphatic carbocycles. The number of alkyl halides is 2. The fourth-order valence-electron chi connectivity index (χ4n) is 4.68. The molecule has 0 spiro atoms. The van der Waals surface area contributed by atoms with Crippen molar-refractivity contribution in [3.63, 3.8) is 0 Å². The number of ether oxygens (including phenoxy) is 1. The van der Waals surface area contributed by atoms with Crippen LogP contribution in [-0.4, -0.2) is 73.1 Å². The van der Waals surface area contributed by atoms with Gasteiger partial charge in [0, 0.05) is 12.4 Å². The van der Waals surface area contributed by atoms with Gasteiger partial charge in [-0.25, -0.2) is 12.8 Å². The molecule has 3 aromatic rings. The Hall–Kier alpha value is -4.50. The first-order valence-electron chi connectivity index (χ1n) is 14.8. The number of pyridine rings is 1. The molecule has 1 unspecified atom stereocenters. The molecule has 1 saturated carbocycles. The third-order valence-electron chi connectivity index (χ3n) is 7.32. The number of carbonyl (C=O) groups is 3. The maximum Gasteiger partial charge on any atom is 0.410 e. The average Bonchev–Trinajstić information content (AvgIpc) is 3.86. The summed E-state index contributed by atoms with van der Waals surface area (Å²) in [5, 5.41) is 17.1. The molecule has 1 fully saturated rings. The second-order valence-electron chi connectivity index (χ2n) is 11.3. The summed E-state index contributed by atoms with van der Waals surface area (Å²) < 4.78 is 73.6. The van der Waals surface area contributed by atoms with Crippen LogP contribution in [0.5, 0.6) is 11.5 Å². The molecular formula is C32H35F3N4O7S. The zero-order chi connectivity index (χ0) is 34.0. The summed E-state index contributed by atoms with van der Waals surface area (Å²) >= 11 is 0. The van der Waals surface area contributed by atoms with Crippen LogP contribution in [0.3, 0.4) is 0 Å². The SMILES string of the molecule is O=C(NCC(=O)C(CCC1CC1)NC(=O)[C@H](CS(=O)(=O)Cc1cccnc1)NCC(F)(F)Oc1ccc(F)cc1)c1ccccc1O. The van der Waals surface area contributed by atoms with Crippen LogP contribution in [0, 0.1) is 11.7 Å². The van der Waals surface area contributed by atoms with Crippen LogP contribution in [0.2, 0.25) is 0 Å². The molecule has 1 aliphatic rings. The van der Waals surface area contributed by atoms with Crippen LogP contribution < -0.4 is 20.7 Å². The lowest BCUT2D eigenvalue weighted by Gasteiger charge is -2.25. The van der Waals surface area contributed by atoms with Gasteiger partial charge in [0.15, 0.2) is 15.6 Å². The van der Waals surface area contributed by atoms with E-state index in [0.717, 1.165) is 37.1 Å². The molecule has 0 bridgehead atoms. The Labute approximate surface area is 269 Å². The number of benzene rings is 2. The Balaban J connectivity index is 1.47. The summed E-state index contributed by atoms with van der Waals surface area (Å²) in [6.45, 7) is -1.83. The van der Waals surface area contributed by atoms with Crippen molar-refractivity contribution in [1.29, 1.82) is 0 Å². The fourth-order valence-corrected chi connectivity index (χ4v) is 6.25. The normalized spacial score (nSPS) is 14.5. The molecule has 2 amide bonds. The summed E-state index contributed by atoms with van der Waals surface area (Å²) in [7, 11) is -4.09. The van der Waals surface area contributed by atoms with E-state index in [1.165, 1.54) is 48.8 Å². The highest BCUT2D eigenvalue weighted by Gasteiger charge is 2.36. The molecule has 47 heavy (non-hydrogen) atoms. The average molecular weight is 677 g/mol. The molecule has 2 atom stereocenters. The molecule has 1 heterocycles. The quantitative estimate of drug-likeness (QED) is 0.159. The van der Waals surface area contributed by atoms with Crippen molar-refractivity contribution in [2.75, 3.05) is 18.8 Å². The van der Waals surface area contributed by atoms with Crippen LogP contribution in [0.4, 0.5) is 13.2 Å². The minimum Gasteiger partial charge on any atom is -0.507 e. The third kappa shape index (κ3) is 11.7. The van der Waals surface area contributed by atoms with Gasteiger partial charge in [-0.05, 0) is 66.8 Å². The van der Waals surface area contributed by atoms with E-state index in [1.54, 1.807) is 0 Å². The summed E-state index contributed by atoms with van der Waals surface area (Å²) in [4.78, 5) is 43.1. The first kappa shape index (κ1) is 35.4. The van der Waals surface area contributed by atoms with E-state index in [9.17, 15) is 41.1 Å². The highest BCUT2D eigenvalue weighted by atomic mass is 32.2. The zero-order valence-electron chi connectivity index (χ0n) is 25.2. The number of hydrogen-bond donors (Lipinski definition) is 4.